The lowest BCUT2D eigenvalue weighted by atomic mass is 10.0. The first-order valence-electron chi connectivity index (χ1n) is 7.37. The van der Waals surface area contributed by atoms with E-state index in [-0.39, 0.29) is 30.2 Å². The van der Waals surface area contributed by atoms with Gasteiger partial charge in [0.05, 0.1) is 18.6 Å². The van der Waals surface area contributed by atoms with Crippen molar-refractivity contribution < 1.29 is 14.3 Å². The summed E-state index contributed by atoms with van der Waals surface area (Å²) in [7, 11) is 1.59. The Hall–Kier alpha value is -1.59. The minimum absolute atomic E-state index is 0.0393. The standard InChI is InChI=1S/C16H21ClN2O3/c1-3-19-9-12(8-15(19)20)16(21)18-14(10-22-2)11-4-6-13(17)7-5-11/h4-7,12,14H,3,8-10H2,1-2H3,(H,18,21). The van der Waals surface area contributed by atoms with Gasteiger partial charge in [0, 0.05) is 31.6 Å². The molecule has 1 heterocycles. The molecular formula is C16H21ClN2O3. The van der Waals surface area contributed by atoms with Crippen molar-refractivity contribution in [2.45, 2.75) is 19.4 Å². The quantitative estimate of drug-likeness (QED) is 0.871. The fourth-order valence-electron chi connectivity index (χ4n) is 2.63. The van der Waals surface area contributed by atoms with Crippen LogP contribution in [-0.2, 0) is 14.3 Å². The monoisotopic (exact) mass is 324 g/mol. The Kier molecular flexibility index (Phi) is 5.80. The second kappa shape index (κ2) is 7.61. The Morgan fingerprint density at radius 3 is 2.68 bits per heavy atom. The average Bonchev–Trinajstić information content (AvgIpc) is 2.89. The molecule has 1 aliphatic rings. The molecule has 6 heteroatoms. The van der Waals surface area contributed by atoms with Gasteiger partial charge in [-0.25, -0.2) is 0 Å². The van der Waals surface area contributed by atoms with Gasteiger partial charge in [-0.1, -0.05) is 23.7 Å². The number of rotatable bonds is 6. The Labute approximate surface area is 135 Å². The molecule has 1 aromatic rings. The summed E-state index contributed by atoms with van der Waals surface area (Å²) >= 11 is 5.89. The molecule has 2 unspecified atom stereocenters. The lowest BCUT2D eigenvalue weighted by Crippen LogP contribution is -2.37. The number of benzene rings is 1. The van der Waals surface area contributed by atoms with Crippen LogP contribution in [0.2, 0.25) is 5.02 Å². The summed E-state index contributed by atoms with van der Waals surface area (Å²) in [5.74, 6) is -0.363. The molecule has 1 aliphatic heterocycles. The number of carbonyl (C=O) groups excluding carboxylic acids is 2. The Balaban J connectivity index is 2.03. The number of nitrogens with one attached hydrogen (secondary N) is 1. The first-order valence-corrected chi connectivity index (χ1v) is 7.75. The lowest BCUT2D eigenvalue weighted by Gasteiger charge is -2.21. The fourth-order valence-corrected chi connectivity index (χ4v) is 2.75. The minimum atomic E-state index is -0.292. The molecule has 120 valence electrons. The number of likely N-dealkylation sites (tertiary alicyclic amines) is 1. The third-order valence-corrected chi connectivity index (χ3v) is 4.14. The van der Waals surface area contributed by atoms with Crippen molar-refractivity contribution in [3.8, 4) is 0 Å². The molecule has 1 aromatic carbocycles. The number of hydrogen-bond acceptors (Lipinski definition) is 3. The van der Waals surface area contributed by atoms with Crippen LogP contribution in [-0.4, -0.2) is 43.5 Å². The van der Waals surface area contributed by atoms with Crippen LogP contribution in [0.15, 0.2) is 24.3 Å². The van der Waals surface area contributed by atoms with Crippen molar-refractivity contribution in [2.24, 2.45) is 5.92 Å². The molecule has 1 saturated heterocycles. The molecule has 0 saturated carbocycles. The molecule has 2 amide bonds. The van der Waals surface area contributed by atoms with Gasteiger partial charge >= 0.3 is 0 Å². The van der Waals surface area contributed by atoms with E-state index in [0.717, 1.165) is 5.56 Å². The predicted molar refractivity (Wildman–Crippen MR) is 84.6 cm³/mol. The van der Waals surface area contributed by atoms with Crippen molar-refractivity contribution >= 4 is 23.4 Å². The van der Waals surface area contributed by atoms with Crippen LogP contribution in [0.3, 0.4) is 0 Å². The molecular weight excluding hydrogens is 304 g/mol. The van der Waals surface area contributed by atoms with Crippen LogP contribution in [0, 0.1) is 5.92 Å². The molecule has 2 atom stereocenters. The van der Waals surface area contributed by atoms with Crippen LogP contribution in [0.1, 0.15) is 24.9 Å². The Morgan fingerprint density at radius 1 is 1.45 bits per heavy atom. The number of carbonyl (C=O) groups is 2. The van der Waals surface area contributed by atoms with Gasteiger partial charge in [-0.15, -0.1) is 0 Å². The van der Waals surface area contributed by atoms with Gasteiger partial charge in [0.25, 0.3) is 0 Å². The van der Waals surface area contributed by atoms with Crippen molar-refractivity contribution in [1.29, 1.82) is 0 Å². The second-order valence-electron chi connectivity index (χ2n) is 5.40. The van der Waals surface area contributed by atoms with Crippen molar-refractivity contribution in [3.05, 3.63) is 34.9 Å². The Morgan fingerprint density at radius 2 is 2.14 bits per heavy atom. The van der Waals surface area contributed by atoms with E-state index in [1.807, 2.05) is 19.1 Å². The summed E-state index contributed by atoms with van der Waals surface area (Å²) in [5.41, 5.74) is 0.927. The van der Waals surface area contributed by atoms with Gasteiger partial charge < -0.3 is 15.0 Å². The summed E-state index contributed by atoms with van der Waals surface area (Å²) in [6, 6.07) is 7.04. The molecule has 0 radical (unpaired) electrons. The van der Waals surface area contributed by atoms with Crippen molar-refractivity contribution in [2.75, 3.05) is 26.8 Å². The largest absolute Gasteiger partial charge is 0.382 e. The zero-order valence-corrected chi connectivity index (χ0v) is 13.6. The number of methoxy groups -OCH3 is 1. The molecule has 0 bridgehead atoms. The number of hydrogen-bond donors (Lipinski definition) is 1. The smallest absolute Gasteiger partial charge is 0.225 e. The molecule has 2 rings (SSSR count). The van der Waals surface area contributed by atoms with Crippen molar-refractivity contribution in [3.63, 3.8) is 0 Å². The maximum Gasteiger partial charge on any atom is 0.225 e. The van der Waals surface area contributed by atoms with Gasteiger partial charge in [-0.3, -0.25) is 9.59 Å². The summed E-state index contributed by atoms with van der Waals surface area (Å²) < 4.78 is 5.19. The maximum atomic E-state index is 12.4. The number of ether oxygens (including phenoxy) is 1. The summed E-state index contributed by atoms with van der Waals surface area (Å²) in [6.07, 6.45) is 0.278. The van der Waals surface area contributed by atoms with Gasteiger partial charge in [0.15, 0.2) is 0 Å². The fraction of sp³-hybridized carbons (Fsp3) is 0.500. The molecule has 1 N–H and O–H groups in total. The molecule has 5 nitrogen and oxygen atoms in total. The third-order valence-electron chi connectivity index (χ3n) is 3.89. The van der Waals surface area contributed by atoms with E-state index in [4.69, 9.17) is 16.3 Å². The zero-order valence-electron chi connectivity index (χ0n) is 12.8. The van der Waals surface area contributed by atoms with Crippen molar-refractivity contribution in [1.82, 2.24) is 10.2 Å². The molecule has 0 spiro atoms. The summed E-state index contributed by atoms with van der Waals surface area (Å²) in [5, 5.41) is 3.62. The molecule has 0 aliphatic carbocycles. The highest BCUT2D eigenvalue weighted by molar-refractivity contribution is 6.30. The van der Waals surface area contributed by atoms with Gasteiger partial charge in [0.1, 0.15) is 0 Å². The zero-order chi connectivity index (χ0) is 16.1. The van der Waals surface area contributed by atoms with E-state index in [1.165, 1.54) is 0 Å². The highest BCUT2D eigenvalue weighted by Gasteiger charge is 2.34. The highest BCUT2D eigenvalue weighted by atomic mass is 35.5. The number of amides is 2. The van der Waals surface area contributed by atoms with Crippen LogP contribution in [0.5, 0.6) is 0 Å². The lowest BCUT2D eigenvalue weighted by molar-refractivity contribution is -0.129. The Bertz CT molecular complexity index is 533. The number of nitrogens with zero attached hydrogens (tertiary/aromatic N) is 1. The van der Waals surface area contributed by atoms with E-state index in [2.05, 4.69) is 5.32 Å². The highest BCUT2D eigenvalue weighted by Crippen LogP contribution is 2.21. The summed E-state index contributed by atoms with van der Waals surface area (Å²) in [4.78, 5) is 25.9. The first kappa shape index (κ1) is 16.8. The second-order valence-corrected chi connectivity index (χ2v) is 5.84. The van der Waals surface area contributed by atoms with Crippen LogP contribution < -0.4 is 5.32 Å². The SMILES string of the molecule is CCN1CC(C(=O)NC(COC)c2ccc(Cl)cc2)CC1=O. The normalized spacial score (nSPS) is 19.3. The van der Waals surface area contributed by atoms with E-state index >= 15 is 0 Å². The van der Waals surface area contributed by atoms with Gasteiger partial charge in [-0.2, -0.15) is 0 Å². The maximum absolute atomic E-state index is 12.4. The van der Waals surface area contributed by atoms with Crippen LogP contribution in [0.4, 0.5) is 0 Å². The van der Waals surface area contributed by atoms with Crippen LogP contribution in [0.25, 0.3) is 0 Å². The number of halogens is 1. The minimum Gasteiger partial charge on any atom is -0.382 e. The molecule has 22 heavy (non-hydrogen) atoms. The average molecular weight is 325 g/mol. The van der Waals surface area contributed by atoms with E-state index in [1.54, 1.807) is 24.1 Å². The van der Waals surface area contributed by atoms with E-state index in [9.17, 15) is 9.59 Å². The molecule has 0 aromatic heterocycles. The van der Waals surface area contributed by atoms with Crippen LogP contribution >= 0.6 is 11.6 Å². The first-order chi connectivity index (χ1) is 10.5. The predicted octanol–water partition coefficient (Wildman–Crippen LogP) is 2.01. The third kappa shape index (κ3) is 3.99. The molecule has 1 fully saturated rings. The van der Waals surface area contributed by atoms with E-state index in [0.29, 0.717) is 24.7 Å². The van der Waals surface area contributed by atoms with E-state index < -0.39 is 0 Å². The topological polar surface area (TPSA) is 58.6 Å². The van der Waals surface area contributed by atoms with Gasteiger partial charge in [0.2, 0.25) is 11.8 Å². The summed E-state index contributed by atoms with van der Waals surface area (Å²) in [6.45, 7) is 3.41. The van der Waals surface area contributed by atoms with Gasteiger partial charge in [-0.05, 0) is 24.6 Å².